The molecule has 0 unspecified atom stereocenters. The number of hydrogen-bond acceptors (Lipinski definition) is 3. The fraction of sp³-hybridized carbons (Fsp3) is 0.533. The molecular formula is C15H21BrN2O2. The summed E-state index contributed by atoms with van der Waals surface area (Å²) in [5.74, 6) is 0.785. The van der Waals surface area contributed by atoms with Crippen LogP contribution in [0.4, 0.5) is 0 Å². The summed E-state index contributed by atoms with van der Waals surface area (Å²) in [6.07, 6.45) is 2.06. The van der Waals surface area contributed by atoms with Crippen LogP contribution in [-0.4, -0.2) is 56.0 Å². The third kappa shape index (κ3) is 3.33. The third-order valence-corrected chi connectivity index (χ3v) is 4.58. The Labute approximate surface area is 128 Å². The van der Waals surface area contributed by atoms with E-state index in [-0.39, 0.29) is 5.91 Å². The van der Waals surface area contributed by atoms with Crippen molar-refractivity contribution in [3.05, 3.63) is 28.2 Å². The first-order valence-corrected chi connectivity index (χ1v) is 7.61. The number of carbonyl (C=O) groups excluding carboxylic acids is 1. The Balaban J connectivity index is 2.09. The van der Waals surface area contributed by atoms with Crippen molar-refractivity contribution in [2.75, 3.05) is 34.3 Å². The van der Waals surface area contributed by atoms with Crippen molar-refractivity contribution in [3.63, 3.8) is 0 Å². The number of nitrogens with zero attached hydrogens (tertiary/aromatic N) is 2. The number of benzene rings is 1. The highest BCUT2D eigenvalue weighted by Gasteiger charge is 2.25. The predicted octanol–water partition coefficient (Wildman–Crippen LogP) is 2.62. The second-order valence-electron chi connectivity index (χ2n) is 5.33. The molecule has 0 aliphatic carbocycles. The van der Waals surface area contributed by atoms with Gasteiger partial charge in [-0.05, 0) is 61.1 Å². The summed E-state index contributed by atoms with van der Waals surface area (Å²) in [7, 11) is 5.81. The average Bonchev–Trinajstić information content (AvgIpc) is 2.47. The minimum atomic E-state index is 0.0768. The van der Waals surface area contributed by atoms with Crippen LogP contribution in [0, 0.1) is 0 Å². The standard InChI is InChI=1S/C15H21BrN2O2/c1-17(2)11-6-8-18(9-7-11)15(19)13-10-12(20-3)4-5-14(13)16/h4-5,10-11H,6-9H2,1-3H3. The highest BCUT2D eigenvalue weighted by Crippen LogP contribution is 2.25. The summed E-state index contributed by atoms with van der Waals surface area (Å²) in [5, 5.41) is 0. The van der Waals surface area contributed by atoms with Gasteiger partial charge in [-0.25, -0.2) is 0 Å². The molecular weight excluding hydrogens is 320 g/mol. The molecule has 0 N–H and O–H groups in total. The molecule has 0 radical (unpaired) electrons. The summed E-state index contributed by atoms with van der Waals surface area (Å²) in [5.41, 5.74) is 0.674. The molecule has 1 aliphatic rings. The molecule has 0 spiro atoms. The van der Waals surface area contributed by atoms with Gasteiger partial charge < -0.3 is 14.5 Å². The number of methoxy groups -OCH3 is 1. The van der Waals surface area contributed by atoms with E-state index < -0.39 is 0 Å². The summed E-state index contributed by atoms with van der Waals surface area (Å²) in [6, 6.07) is 6.08. The van der Waals surface area contributed by atoms with Gasteiger partial charge in [0.05, 0.1) is 12.7 Å². The number of hydrogen-bond donors (Lipinski definition) is 0. The maximum absolute atomic E-state index is 12.6. The number of amides is 1. The van der Waals surface area contributed by atoms with Gasteiger partial charge in [0.1, 0.15) is 5.75 Å². The van der Waals surface area contributed by atoms with Crippen LogP contribution in [-0.2, 0) is 0 Å². The first-order chi connectivity index (χ1) is 9.52. The van der Waals surface area contributed by atoms with Gasteiger partial charge in [0.2, 0.25) is 0 Å². The van der Waals surface area contributed by atoms with Crippen LogP contribution >= 0.6 is 15.9 Å². The molecule has 1 saturated heterocycles. The molecule has 1 aromatic carbocycles. The molecule has 2 rings (SSSR count). The van der Waals surface area contributed by atoms with Crippen LogP contribution in [0.25, 0.3) is 0 Å². The number of ether oxygens (including phenoxy) is 1. The fourth-order valence-corrected chi connectivity index (χ4v) is 2.97. The van der Waals surface area contributed by atoms with Gasteiger partial charge in [0.25, 0.3) is 5.91 Å². The summed E-state index contributed by atoms with van der Waals surface area (Å²) in [6.45, 7) is 1.62. The molecule has 0 bridgehead atoms. The van der Waals surface area contributed by atoms with E-state index in [2.05, 4.69) is 34.9 Å². The van der Waals surface area contributed by atoms with E-state index in [4.69, 9.17) is 4.74 Å². The summed E-state index contributed by atoms with van der Waals surface area (Å²) >= 11 is 3.45. The fourth-order valence-electron chi connectivity index (χ4n) is 2.55. The molecule has 20 heavy (non-hydrogen) atoms. The van der Waals surface area contributed by atoms with Crippen LogP contribution in [0.3, 0.4) is 0 Å². The molecule has 0 aromatic heterocycles. The zero-order valence-electron chi connectivity index (χ0n) is 12.2. The van der Waals surface area contributed by atoms with Crippen molar-refractivity contribution in [1.82, 2.24) is 9.80 Å². The molecule has 1 aromatic rings. The zero-order valence-corrected chi connectivity index (χ0v) is 13.8. The van der Waals surface area contributed by atoms with Gasteiger partial charge >= 0.3 is 0 Å². The first-order valence-electron chi connectivity index (χ1n) is 6.82. The number of likely N-dealkylation sites (tertiary alicyclic amines) is 1. The lowest BCUT2D eigenvalue weighted by Gasteiger charge is -2.35. The molecule has 110 valence electrons. The molecule has 0 saturated carbocycles. The highest BCUT2D eigenvalue weighted by atomic mass is 79.9. The quantitative estimate of drug-likeness (QED) is 0.847. The largest absolute Gasteiger partial charge is 0.497 e. The second kappa shape index (κ2) is 6.59. The minimum absolute atomic E-state index is 0.0768. The van der Waals surface area contributed by atoms with Crippen LogP contribution < -0.4 is 4.74 Å². The van der Waals surface area contributed by atoms with Crippen molar-refractivity contribution in [1.29, 1.82) is 0 Å². The van der Waals surface area contributed by atoms with E-state index >= 15 is 0 Å². The zero-order chi connectivity index (χ0) is 14.7. The van der Waals surface area contributed by atoms with E-state index in [1.54, 1.807) is 13.2 Å². The van der Waals surface area contributed by atoms with Crippen LogP contribution in [0.2, 0.25) is 0 Å². The number of rotatable bonds is 3. The second-order valence-corrected chi connectivity index (χ2v) is 6.19. The molecule has 1 aliphatic heterocycles. The number of carbonyl (C=O) groups is 1. The predicted molar refractivity (Wildman–Crippen MR) is 83.3 cm³/mol. The van der Waals surface area contributed by atoms with Crippen molar-refractivity contribution in [2.45, 2.75) is 18.9 Å². The Morgan fingerprint density at radius 2 is 2.00 bits per heavy atom. The molecule has 5 heteroatoms. The van der Waals surface area contributed by atoms with Crippen molar-refractivity contribution in [3.8, 4) is 5.75 Å². The van der Waals surface area contributed by atoms with Gasteiger partial charge in [-0.3, -0.25) is 4.79 Å². The van der Waals surface area contributed by atoms with E-state index in [0.717, 1.165) is 30.4 Å². The normalized spacial score (nSPS) is 16.6. The van der Waals surface area contributed by atoms with E-state index in [0.29, 0.717) is 17.4 Å². The van der Waals surface area contributed by atoms with E-state index in [1.165, 1.54) is 0 Å². The first kappa shape index (κ1) is 15.3. The highest BCUT2D eigenvalue weighted by molar-refractivity contribution is 9.10. The van der Waals surface area contributed by atoms with Crippen molar-refractivity contribution in [2.24, 2.45) is 0 Å². The van der Waals surface area contributed by atoms with Crippen LogP contribution in [0.1, 0.15) is 23.2 Å². The third-order valence-electron chi connectivity index (χ3n) is 3.89. The molecule has 1 amide bonds. The molecule has 1 fully saturated rings. The topological polar surface area (TPSA) is 32.8 Å². The van der Waals surface area contributed by atoms with Crippen LogP contribution in [0.15, 0.2) is 22.7 Å². The smallest absolute Gasteiger partial charge is 0.255 e. The molecule has 0 atom stereocenters. The lowest BCUT2D eigenvalue weighted by atomic mass is 10.0. The maximum atomic E-state index is 12.6. The van der Waals surface area contributed by atoms with Crippen molar-refractivity contribution >= 4 is 21.8 Å². The van der Waals surface area contributed by atoms with Gasteiger partial charge in [-0.1, -0.05) is 0 Å². The lowest BCUT2D eigenvalue weighted by Crippen LogP contribution is -2.44. The van der Waals surface area contributed by atoms with Crippen molar-refractivity contribution < 1.29 is 9.53 Å². The Kier molecular flexibility index (Phi) is 5.05. The molecule has 4 nitrogen and oxygen atoms in total. The SMILES string of the molecule is COc1ccc(Br)c(C(=O)N2CCC(N(C)C)CC2)c1. The average molecular weight is 341 g/mol. The monoisotopic (exact) mass is 340 g/mol. The maximum Gasteiger partial charge on any atom is 0.255 e. The van der Waals surface area contributed by atoms with Gasteiger partial charge in [0, 0.05) is 23.6 Å². The van der Waals surface area contributed by atoms with Gasteiger partial charge in [-0.2, -0.15) is 0 Å². The van der Waals surface area contributed by atoms with E-state index in [1.807, 2.05) is 17.0 Å². The Morgan fingerprint density at radius 1 is 1.35 bits per heavy atom. The Bertz CT molecular complexity index is 483. The minimum Gasteiger partial charge on any atom is -0.497 e. The Morgan fingerprint density at radius 3 is 2.55 bits per heavy atom. The van der Waals surface area contributed by atoms with E-state index in [9.17, 15) is 4.79 Å². The lowest BCUT2D eigenvalue weighted by molar-refractivity contribution is 0.0662. The summed E-state index contributed by atoms with van der Waals surface area (Å²) in [4.78, 5) is 16.8. The van der Waals surface area contributed by atoms with Gasteiger partial charge in [-0.15, -0.1) is 0 Å². The van der Waals surface area contributed by atoms with Crippen LogP contribution in [0.5, 0.6) is 5.75 Å². The van der Waals surface area contributed by atoms with Gasteiger partial charge in [0.15, 0.2) is 0 Å². The summed E-state index contributed by atoms with van der Waals surface area (Å²) < 4.78 is 6.02. The molecule has 1 heterocycles. The number of piperidine rings is 1. The number of halogens is 1. The Hall–Kier alpha value is -1.07.